The first-order valence-corrected chi connectivity index (χ1v) is 8.54. The van der Waals surface area contributed by atoms with Gasteiger partial charge in [0.1, 0.15) is 0 Å². The van der Waals surface area contributed by atoms with E-state index in [0.29, 0.717) is 9.93 Å². The summed E-state index contributed by atoms with van der Waals surface area (Å²) in [5, 5.41) is 3.35. The Balaban J connectivity index is 1.73. The fourth-order valence-corrected chi connectivity index (χ4v) is 3.31. The number of anilines is 1. The third kappa shape index (κ3) is 3.63. The van der Waals surface area contributed by atoms with Crippen LogP contribution in [-0.4, -0.2) is 22.7 Å². The van der Waals surface area contributed by atoms with Crippen LogP contribution >= 0.6 is 23.4 Å². The van der Waals surface area contributed by atoms with Gasteiger partial charge in [0.05, 0.1) is 11.6 Å². The zero-order valence-corrected chi connectivity index (χ0v) is 14.5. The third-order valence-electron chi connectivity index (χ3n) is 3.52. The van der Waals surface area contributed by atoms with E-state index >= 15 is 0 Å². The van der Waals surface area contributed by atoms with Crippen molar-refractivity contribution in [3.63, 3.8) is 0 Å². The molecule has 6 heteroatoms. The maximum Gasteiger partial charge on any atom is 0.295 e. The first-order valence-electron chi connectivity index (χ1n) is 7.35. The molecule has 0 aromatic heterocycles. The lowest BCUT2D eigenvalue weighted by Gasteiger charge is -2.14. The van der Waals surface area contributed by atoms with Gasteiger partial charge < -0.3 is 5.32 Å². The van der Waals surface area contributed by atoms with Gasteiger partial charge in [-0.3, -0.25) is 14.5 Å². The summed E-state index contributed by atoms with van der Waals surface area (Å²) in [6, 6.07) is 15.0. The Kier molecular flexibility index (Phi) is 4.92. The van der Waals surface area contributed by atoms with Gasteiger partial charge in [0.25, 0.3) is 11.1 Å². The van der Waals surface area contributed by atoms with Crippen molar-refractivity contribution in [3.05, 3.63) is 69.6 Å². The quantitative estimate of drug-likeness (QED) is 0.801. The zero-order chi connectivity index (χ0) is 17.1. The van der Waals surface area contributed by atoms with E-state index in [2.05, 4.69) is 5.32 Å². The number of hydrogen-bond acceptors (Lipinski definition) is 4. The summed E-state index contributed by atoms with van der Waals surface area (Å²) in [6.07, 6.45) is 1.65. The monoisotopic (exact) mass is 358 g/mol. The number of aryl methyl sites for hydroxylation is 1. The molecule has 1 aliphatic rings. The molecule has 2 aromatic rings. The van der Waals surface area contributed by atoms with Crippen molar-refractivity contribution in [3.8, 4) is 0 Å². The van der Waals surface area contributed by atoms with E-state index in [-0.39, 0.29) is 17.8 Å². The van der Waals surface area contributed by atoms with Crippen molar-refractivity contribution in [2.24, 2.45) is 0 Å². The summed E-state index contributed by atoms with van der Waals surface area (Å²) in [5.74, 6) is -0.315. The predicted octanol–water partition coefficient (Wildman–Crippen LogP) is 4.75. The van der Waals surface area contributed by atoms with Gasteiger partial charge in [-0.15, -0.1) is 0 Å². The average Bonchev–Trinajstić information content (AvgIpc) is 2.82. The van der Waals surface area contributed by atoms with E-state index < -0.39 is 0 Å². The molecule has 0 atom stereocenters. The van der Waals surface area contributed by atoms with Crippen molar-refractivity contribution in [1.82, 2.24) is 4.90 Å². The van der Waals surface area contributed by atoms with Gasteiger partial charge in [-0.05, 0) is 54.1 Å². The molecule has 4 nitrogen and oxygen atoms in total. The highest BCUT2D eigenvalue weighted by Gasteiger charge is 2.34. The van der Waals surface area contributed by atoms with Gasteiger partial charge in [-0.1, -0.05) is 41.9 Å². The summed E-state index contributed by atoms with van der Waals surface area (Å²) >= 11 is 7.03. The van der Waals surface area contributed by atoms with Crippen LogP contribution in [0.2, 0.25) is 5.02 Å². The molecule has 24 heavy (non-hydrogen) atoms. The van der Waals surface area contributed by atoms with Crippen molar-refractivity contribution in [1.29, 1.82) is 0 Å². The number of imide groups is 1. The van der Waals surface area contributed by atoms with Gasteiger partial charge in [-0.2, -0.15) is 0 Å². The highest BCUT2D eigenvalue weighted by Crippen LogP contribution is 2.33. The highest BCUT2D eigenvalue weighted by molar-refractivity contribution is 8.18. The number of benzene rings is 2. The average molecular weight is 359 g/mol. The molecule has 1 aliphatic heterocycles. The van der Waals surface area contributed by atoms with E-state index in [1.807, 2.05) is 43.3 Å². The number of carbonyl (C=O) groups is 2. The molecule has 1 N–H and O–H groups in total. The van der Waals surface area contributed by atoms with Crippen molar-refractivity contribution < 1.29 is 9.59 Å². The normalized spacial score (nSPS) is 16.1. The molecule has 1 saturated heterocycles. The molecule has 3 rings (SSSR count). The smallest absolute Gasteiger partial charge is 0.295 e. The standard InChI is InChI=1S/C18H15ClN2O2S/c1-12-5-4-7-14(9-12)20-11-21-17(22)16(24-18(21)23)10-13-6-2-3-8-15(13)19/h2-10,20H,11H2,1H3/b16-10+. The van der Waals surface area contributed by atoms with Crippen LogP contribution in [0.3, 0.4) is 0 Å². The summed E-state index contributed by atoms with van der Waals surface area (Å²) in [6.45, 7) is 2.12. The molecule has 0 radical (unpaired) electrons. The minimum absolute atomic E-state index is 0.133. The van der Waals surface area contributed by atoms with E-state index in [9.17, 15) is 9.59 Å². The molecule has 0 aliphatic carbocycles. The molecule has 1 fully saturated rings. The molecule has 1 heterocycles. The number of nitrogens with zero attached hydrogens (tertiary/aromatic N) is 1. The van der Waals surface area contributed by atoms with Gasteiger partial charge in [0, 0.05) is 10.7 Å². The Morgan fingerprint density at radius 1 is 1.17 bits per heavy atom. The van der Waals surface area contributed by atoms with Gasteiger partial charge in [0.15, 0.2) is 0 Å². The van der Waals surface area contributed by atoms with Gasteiger partial charge in [-0.25, -0.2) is 0 Å². The Hall–Kier alpha value is -2.24. The SMILES string of the molecule is Cc1cccc(NCN2C(=O)S/C(=C/c3ccccc3Cl)C2=O)c1. The number of rotatable bonds is 4. The maximum atomic E-state index is 12.5. The Morgan fingerprint density at radius 3 is 2.71 bits per heavy atom. The summed E-state index contributed by atoms with van der Waals surface area (Å²) in [4.78, 5) is 26.1. The maximum absolute atomic E-state index is 12.5. The number of amides is 2. The fraction of sp³-hybridized carbons (Fsp3) is 0.111. The minimum atomic E-state index is -0.315. The minimum Gasteiger partial charge on any atom is -0.367 e. The summed E-state index contributed by atoms with van der Waals surface area (Å²) in [5.41, 5.74) is 2.69. The number of thioether (sulfide) groups is 1. The topological polar surface area (TPSA) is 49.4 Å². The molecule has 0 saturated carbocycles. The Bertz CT molecular complexity index is 835. The van der Waals surface area contributed by atoms with Crippen LogP contribution in [0.15, 0.2) is 53.4 Å². The molecule has 0 spiro atoms. The van der Waals surface area contributed by atoms with Crippen LogP contribution in [-0.2, 0) is 4.79 Å². The van der Waals surface area contributed by atoms with Crippen LogP contribution in [0.25, 0.3) is 6.08 Å². The number of carbonyl (C=O) groups excluding carboxylic acids is 2. The van der Waals surface area contributed by atoms with E-state index in [1.165, 1.54) is 4.90 Å². The Morgan fingerprint density at radius 2 is 1.96 bits per heavy atom. The molecule has 2 aromatic carbocycles. The third-order valence-corrected chi connectivity index (χ3v) is 4.78. The van der Waals surface area contributed by atoms with Crippen LogP contribution in [0.1, 0.15) is 11.1 Å². The first kappa shape index (κ1) is 16.6. The second-order valence-electron chi connectivity index (χ2n) is 5.34. The lowest BCUT2D eigenvalue weighted by molar-refractivity contribution is -0.122. The van der Waals surface area contributed by atoms with Gasteiger partial charge >= 0.3 is 0 Å². The molecule has 0 bridgehead atoms. The zero-order valence-electron chi connectivity index (χ0n) is 13.0. The van der Waals surface area contributed by atoms with Crippen molar-refractivity contribution in [2.45, 2.75) is 6.92 Å². The lowest BCUT2D eigenvalue weighted by Crippen LogP contribution is -2.33. The van der Waals surface area contributed by atoms with Crippen LogP contribution < -0.4 is 5.32 Å². The second-order valence-corrected chi connectivity index (χ2v) is 6.74. The highest BCUT2D eigenvalue weighted by atomic mass is 35.5. The molecule has 122 valence electrons. The summed E-state index contributed by atoms with van der Waals surface area (Å²) < 4.78 is 0. The lowest BCUT2D eigenvalue weighted by atomic mass is 10.2. The molecule has 0 unspecified atom stereocenters. The number of hydrogen-bond donors (Lipinski definition) is 1. The fourth-order valence-electron chi connectivity index (χ4n) is 2.30. The van der Waals surface area contributed by atoms with Crippen LogP contribution in [0.4, 0.5) is 10.5 Å². The number of halogens is 1. The first-order chi connectivity index (χ1) is 11.5. The second kappa shape index (κ2) is 7.11. The van der Waals surface area contributed by atoms with E-state index in [1.54, 1.807) is 18.2 Å². The van der Waals surface area contributed by atoms with Crippen molar-refractivity contribution >= 4 is 46.3 Å². The van der Waals surface area contributed by atoms with E-state index in [0.717, 1.165) is 28.6 Å². The molecular weight excluding hydrogens is 344 g/mol. The largest absolute Gasteiger partial charge is 0.367 e. The number of nitrogens with one attached hydrogen (secondary N) is 1. The van der Waals surface area contributed by atoms with Crippen LogP contribution in [0.5, 0.6) is 0 Å². The molecule has 2 amide bonds. The predicted molar refractivity (Wildman–Crippen MR) is 98.9 cm³/mol. The summed E-state index contributed by atoms with van der Waals surface area (Å²) in [7, 11) is 0. The van der Waals surface area contributed by atoms with Crippen LogP contribution in [0, 0.1) is 6.92 Å². The van der Waals surface area contributed by atoms with Gasteiger partial charge in [0.2, 0.25) is 0 Å². The Labute approximate surface area is 149 Å². The van der Waals surface area contributed by atoms with Crippen molar-refractivity contribution in [2.75, 3.05) is 12.0 Å². The van der Waals surface area contributed by atoms with E-state index in [4.69, 9.17) is 11.6 Å². The molecular formula is C18H15ClN2O2S.